The molecule has 5 heteroatoms. The normalized spacial score (nSPS) is 18.1. The van der Waals surface area contributed by atoms with Crippen LogP contribution in [-0.2, 0) is 4.79 Å². The van der Waals surface area contributed by atoms with Crippen LogP contribution < -0.4 is 0 Å². The van der Waals surface area contributed by atoms with Gasteiger partial charge >= 0.3 is 0 Å². The molecule has 0 heterocycles. The van der Waals surface area contributed by atoms with Crippen molar-refractivity contribution in [3.05, 3.63) is 70.3 Å². The molecule has 2 aromatic rings. The van der Waals surface area contributed by atoms with Gasteiger partial charge in [-0.15, -0.1) is 0 Å². The van der Waals surface area contributed by atoms with E-state index in [2.05, 4.69) is 0 Å². The van der Waals surface area contributed by atoms with Gasteiger partial charge < -0.3 is 10.2 Å². The molecule has 3 nitrogen and oxygen atoms in total. The third-order valence-corrected chi connectivity index (χ3v) is 4.10. The molecule has 1 aliphatic rings. The zero-order chi connectivity index (χ0) is 18.0. The first kappa shape index (κ1) is 16.9. The molecule has 0 spiro atoms. The number of rotatable bonds is 2. The molecule has 2 aromatic carbocycles. The average Bonchev–Trinajstić information content (AvgIpc) is 2.58. The third kappa shape index (κ3) is 3.76. The van der Waals surface area contributed by atoms with Crippen LogP contribution in [0.15, 0.2) is 47.5 Å². The van der Waals surface area contributed by atoms with Crippen LogP contribution in [0.3, 0.4) is 0 Å². The van der Waals surface area contributed by atoms with Gasteiger partial charge in [-0.05, 0) is 66.8 Å². The SMILES string of the molecule is O=C1/C(=C/c2ccc(O)c(F)c2)CCC/C1=C\c1ccc(O)c(F)c1. The fourth-order valence-corrected chi connectivity index (χ4v) is 2.81. The lowest BCUT2D eigenvalue weighted by molar-refractivity contribution is -0.112. The number of allylic oxidation sites excluding steroid dienone is 2. The largest absolute Gasteiger partial charge is 0.505 e. The van der Waals surface area contributed by atoms with E-state index in [4.69, 9.17) is 0 Å². The number of hydrogen-bond acceptors (Lipinski definition) is 3. The zero-order valence-corrected chi connectivity index (χ0v) is 13.3. The van der Waals surface area contributed by atoms with Gasteiger partial charge in [0.15, 0.2) is 28.9 Å². The molecular weight excluding hydrogens is 326 g/mol. The molecule has 0 aliphatic heterocycles. The maximum absolute atomic E-state index is 13.4. The molecule has 25 heavy (non-hydrogen) atoms. The number of aromatic hydroxyl groups is 2. The molecule has 2 N–H and O–H groups in total. The van der Waals surface area contributed by atoms with Gasteiger partial charge in [-0.1, -0.05) is 12.1 Å². The van der Waals surface area contributed by atoms with Crippen LogP contribution in [0.2, 0.25) is 0 Å². The highest BCUT2D eigenvalue weighted by atomic mass is 19.1. The van der Waals surface area contributed by atoms with Crippen LogP contribution in [0.5, 0.6) is 11.5 Å². The van der Waals surface area contributed by atoms with Crippen LogP contribution in [0.25, 0.3) is 12.2 Å². The van der Waals surface area contributed by atoms with Gasteiger partial charge in [-0.2, -0.15) is 0 Å². The highest BCUT2D eigenvalue weighted by Gasteiger charge is 2.20. The molecule has 0 aromatic heterocycles. The predicted octanol–water partition coefficient (Wildman–Crippen LogP) is 4.60. The summed E-state index contributed by atoms with van der Waals surface area (Å²) in [5, 5.41) is 18.5. The van der Waals surface area contributed by atoms with Crippen molar-refractivity contribution in [2.45, 2.75) is 19.3 Å². The van der Waals surface area contributed by atoms with E-state index in [-0.39, 0.29) is 5.78 Å². The number of Topliss-reactive ketones (excluding diaryl/α,β-unsaturated/α-hetero) is 1. The fourth-order valence-electron chi connectivity index (χ4n) is 2.81. The second-order valence-corrected chi connectivity index (χ2v) is 5.94. The smallest absolute Gasteiger partial charge is 0.185 e. The fraction of sp³-hybridized carbons (Fsp3) is 0.150. The Morgan fingerprint density at radius 3 is 1.64 bits per heavy atom. The molecule has 3 rings (SSSR count). The number of halogens is 2. The number of carbonyl (C=O) groups excluding carboxylic acids is 1. The first-order chi connectivity index (χ1) is 11.9. The summed E-state index contributed by atoms with van der Waals surface area (Å²) in [6, 6.07) is 7.89. The van der Waals surface area contributed by atoms with Crippen LogP contribution in [0.1, 0.15) is 30.4 Å². The molecule has 1 saturated carbocycles. The van der Waals surface area contributed by atoms with Crippen molar-refractivity contribution in [2.75, 3.05) is 0 Å². The first-order valence-electron chi connectivity index (χ1n) is 7.87. The van der Waals surface area contributed by atoms with Gasteiger partial charge in [-0.3, -0.25) is 4.79 Å². The Bertz CT molecular complexity index is 826. The van der Waals surface area contributed by atoms with Crippen molar-refractivity contribution >= 4 is 17.9 Å². The summed E-state index contributed by atoms with van der Waals surface area (Å²) >= 11 is 0. The lowest BCUT2D eigenvalue weighted by Crippen LogP contribution is -2.12. The highest BCUT2D eigenvalue weighted by Crippen LogP contribution is 2.29. The summed E-state index contributed by atoms with van der Waals surface area (Å²) in [4.78, 5) is 12.6. The van der Waals surface area contributed by atoms with Crippen molar-refractivity contribution in [3.8, 4) is 11.5 Å². The minimum atomic E-state index is -0.743. The summed E-state index contributed by atoms with van der Waals surface area (Å²) in [5.41, 5.74) is 2.08. The second kappa shape index (κ2) is 6.89. The molecule has 0 atom stereocenters. The van der Waals surface area contributed by atoms with Crippen molar-refractivity contribution in [1.29, 1.82) is 0 Å². The maximum atomic E-state index is 13.4. The summed E-state index contributed by atoms with van der Waals surface area (Å²) in [6.07, 6.45) is 5.11. The minimum Gasteiger partial charge on any atom is -0.505 e. The van der Waals surface area contributed by atoms with Crippen molar-refractivity contribution in [1.82, 2.24) is 0 Å². The molecule has 0 radical (unpaired) electrons. The zero-order valence-electron chi connectivity index (χ0n) is 13.3. The number of hydrogen-bond donors (Lipinski definition) is 2. The van der Waals surface area contributed by atoms with E-state index in [0.29, 0.717) is 35.1 Å². The molecule has 128 valence electrons. The van der Waals surface area contributed by atoms with Gasteiger partial charge in [0, 0.05) is 11.1 Å². The average molecular weight is 342 g/mol. The topological polar surface area (TPSA) is 57.5 Å². The summed E-state index contributed by atoms with van der Waals surface area (Å²) in [7, 11) is 0. The van der Waals surface area contributed by atoms with Gasteiger partial charge in [0.2, 0.25) is 0 Å². The molecule has 1 aliphatic carbocycles. The van der Waals surface area contributed by atoms with Crippen LogP contribution in [0.4, 0.5) is 8.78 Å². The van der Waals surface area contributed by atoms with Crippen LogP contribution in [0, 0.1) is 11.6 Å². The van der Waals surface area contributed by atoms with Crippen molar-refractivity contribution in [3.63, 3.8) is 0 Å². The van der Waals surface area contributed by atoms with Crippen molar-refractivity contribution in [2.24, 2.45) is 0 Å². The summed E-state index contributed by atoms with van der Waals surface area (Å²) in [5.74, 6) is -2.52. The Morgan fingerprint density at radius 1 is 0.800 bits per heavy atom. The number of ketones is 1. The van der Waals surface area contributed by atoms with Crippen LogP contribution >= 0.6 is 0 Å². The molecule has 0 bridgehead atoms. The lowest BCUT2D eigenvalue weighted by atomic mass is 9.87. The molecule has 0 amide bonds. The molecule has 1 fully saturated rings. The Morgan fingerprint density at radius 2 is 1.24 bits per heavy atom. The standard InChI is InChI=1S/C20H16F2O3/c21-16-10-12(4-6-18(16)23)8-14-2-1-3-15(20(14)25)9-13-5-7-19(24)17(22)11-13/h4-11,23-24H,1-3H2/b14-8+,15-9+. The van der Waals surface area contributed by atoms with E-state index in [1.54, 1.807) is 12.2 Å². The Hall–Kier alpha value is -2.95. The van der Waals surface area contributed by atoms with Gasteiger partial charge in [0.1, 0.15) is 0 Å². The molecule has 0 unspecified atom stereocenters. The minimum absolute atomic E-state index is 0.159. The van der Waals surface area contributed by atoms with Crippen LogP contribution in [-0.4, -0.2) is 16.0 Å². The van der Waals surface area contributed by atoms with E-state index >= 15 is 0 Å². The number of phenolic OH excluding ortho intramolecular Hbond substituents is 2. The van der Waals surface area contributed by atoms with Gasteiger partial charge in [0.25, 0.3) is 0 Å². The third-order valence-electron chi connectivity index (χ3n) is 4.10. The van der Waals surface area contributed by atoms with E-state index in [1.165, 1.54) is 36.4 Å². The molecular formula is C20H16F2O3. The lowest BCUT2D eigenvalue weighted by Gasteiger charge is -2.16. The Kier molecular flexibility index (Phi) is 4.65. The monoisotopic (exact) mass is 342 g/mol. The second-order valence-electron chi connectivity index (χ2n) is 5.94. The molecule has 0 saturated heterocycles. The summed E-state index contributed by atoms with van der Waals surface area (Å²) < 4.78 is 26.9. The van der Waals surface area contributed by atoms with Crippen molar-refractivity contribution < 1.29 is 23.8 Å². The Balaban J connectivity index is 1.89. The highest BCUT2D eigenvalue weighted by molar-refractivity contribution is 6.13. The van der Waals surface area contributed by atoms with E-state index < -0.39 is 23.1 Å². The van der Waals surface area contributed by atoms with Gasteiger partial charge in [-0.25, -0.2) is 8.78 Å². The quantitative estimate of drug-likeness (QED) is 0.785. The summed E-state index contributed by atoms with van der Waals surface area (Å²) in [6.45, 7) is 0. The Labute approximate surface area is 143 Å². The van der Waals surface area contributed by atoms with E-state index in [0.717, 1.165) is 6.42 Å². The number of phenols is 2. The van der Waals surface area contributed by atoms with Gasteiger partial charge in [0.05, 0.1) is 0 Å². The van der Waals surface area contributed by atoms with E-state index in [1.807, 2.05) is 0 Å². The maximum Gasteiger partial charge on any atom is 0.185 e. The number of carbonyl (C=O) groups is 1. The number of benzene rings is 2. The van der Waals surface area contributed by atoms with E-state index in [9.17, 15) is 23.8 Å². The first-order valence-corrected chi connectivity index (χ1v) is 7.87. The predicted molar refractivity (Wildman–Crippen MR) is 90.9 cm³/mol.